The van der Waals surface area contributed by atoms with E-state index in [1.54, 1.807) is 22.3 Å². The second-order valence-corrected chi connectivity index (χ2v) is 20.3. The van der Waals surface area contributed by atoms with Gasteiger partial charge in [0.15, 0.2) is 0 Å². The molecule has 6 atom stereocenters. The van der Waals surface area contributed by atoms with E-state index in [-0.39, 0.29) is 29.8 Å². The molecule has 14 rings (SSSR count). The van der Waals surface area contributed by atoms with Gasteiger partial charge in [0.2, 0.25) is 0 Å². The van der Waals surface area contributed by atoms with Crippen LogP contribution in [0.4, 0.5) is 0 Å². The van der Waals surface area contributed by atoms with E-state index in [2.05, 4.69) is 198 Å². The summed E-state index contributed by atoms with van der Waals surface area (Å²) < 4.78 is 0. The van der Waals surface area contributed by atoms with Crippen LogP contribution in [0.2, 0.25) is 0 Å². The van der Waals surface area contributed by atoms with Crippen LogP contribution in [0.15, 0.2) is 221 Å². The Labute approximate surface area is 395 Å². The smallest absolute Gasteiger partial charge is 0.0862 e. The molecule has 1 spiro atoms. The lowest BCUT2D eigenvalue weighted by Gasteiger charge is -2.43. The van der Waals surface area contributed by atoms with Crippen molar-refractivity contribution in [3.8, 4) is 0 Å². The first-order valence-corrected chi connectivity index (χ1v) is 25.3. The molecule has 3 nitrogen and oxygen atoms in total. The molecule has 0 aromatic heterocycles. The number of allylic oxidation sites excluding steroid dienone is 21. The maximum atomic E-state index is 4.00. The first-order chi connectivity index (χ1) is 33.2. The normalized spacial score (nSPS) is 29.8. The van der Waals surface area contributed by atoms with E-state index in [1.165, 1.54) is 77.3 Å². The maximum Gasteiger partial charge on any atom is 0.0862 e. The molecule has 0 bridgehead atoms. The summed E-state index contributed by atoms with van der Waals surface area (Å²) in [5, 5.41) is 14.7. The van der Waals surface area contributed by atoms with E-state index >= 15 is 0 Å². The minimum atomic E-state index is -0.131. The summed E-state index contributed by atoms with van der Waals surface area (Å²) in [5.41, 5.74) is 23.5. The van der Waals surface area contributed by atoms with Crippen molar-refractivity contribution >= 4 is 22.3 Å². The fraction of sp³-hybridized carbons (Fsp3) is 0.250. The van der Waals surface area contributed by atoms with Gasteiger partial charge < -0.3 is 0 Å². The topological polar surface area (TPSA) is 36.1 Å². The van der Waals surface area contributed by atoms with Gasteiger partial charge in [-0.05, 0) is 169 Å². The van der Waals surface area contributed by atoms with Gasteiger partial charge in [0.25, 0.3) is 0 Å². The minimum Gasteiger partial charge on any atom is -0.282 e. The molecule has 1 heterocycles. The van der Waals surface area contributed by atoms with E-state index in [0.29, 0.717) is 11.8 Å². The van der Waals surface area contributed by atoms with Crippen LogP contribution in [0.25, 0.3) is 22.3 Å². The van der Waals surface area contributed by atoms with Gasteiger partial charge in [0, 0.05) is 11.8 Å². The molecule has 1 aliphatic heterocycles. The number of benzene rings is 4. The Balaban J connectivity index is 0.826. The molecule has 3 heteroatoms. The largest absolute Gasteiger partial charge is 0.282 e. The first-order valence-electron chi connectivity index (χ1n) is 25.3. The zero-order chi connectivity index (χ0) is 44.1. The van der Waals surface area contributed by atoms with Gasteiger partial charge in [-0.3, -0.25) is 16.0 Å². The van der Waals surface area contributed by atoms with Crippen molar-refractivity contribution in [3.05, 3.63) is 259 Å². The molecular weight excluding hydrogens is 811 g/mol. The van der Waals surface area contributed by atoms with E-state index in [4.69, 9.17) is 0 Å². The monoisotopic (exact) mass is 867 g/mol. The lowest BCUT2D eigenvalue weighted by molar-refractivity contribution is 0.170. The minimum absolute atomic E-state index is 0.0269. The molecule has 6 unspecified atom stereocenters. The fourth-order valence-electron chi connectivity index (χ4n) is 14.1. The summed E-state index contributed by atoms with van der Waals surface area (Å²) in [6, 6.07) is 38.7. The summed E-state index contributed by atoms with van der Waals surface area (Å²) >= 11 is 0. The molecule has 328 valence electrons. The van der Waals surface area contributed by atoms with Crippen molar-refractivity contribution in [2.24, 2.45) is 17.8 Å². The highest BCUT2D eigenvalue weighted by molar-refractivity contribution is 5.94. The van der Waals surface area contributed by atoms with Gasteiger partial charge in [-0.25, -0.2) is 0 Å². The number of fused-ring (bicyclic) bond motifs is 12. The Morgan fingerprint density at radius 3 is 2.19 bits per heavy atom. The fourth-order valence-corrected chi connectivity index (χ4v) is 14.1. The van der Waals surface area contributed by atoms with Crippen molar-refractivity contribution in [1.82, 2.24) is 16.0 Å². The highest BCUT2D eigenvalue weighted by Crippen LogP contribution is 2.66. The van der Waals surface area contributed by atoms with E-state index in [9.17, 15) is 0 Å². The third kappa shape index (κ3) is 6.14. The summed E-state index contributed by atoms with van der Waals surface area (Å²) in [6.45, 7) is 0. The molecule has 4 aromatic carbocycles. The van der Waals surface area contributed by atoms with Crippen molar-refractivity contribution in [1.29, 1.82) is 0 Å². The van der Waals surface area contributed by atoms with E-state index < -0.39 is 0 Å². The Morgan fingerprint density at radius 2 is 1.37 bits per heavy atom. The summed E-state index contributed by atoms with van der Waals surface area (Å²) in [5.74, 6) is 0.981. The molecule has 0 radical (unpaired) electrons. The number of rotatable bonds is 5. The lowest BCUT2D eigenvalue weighted by atomic mass is 9.64. The average molecular weight is 868 g/mol. The van der Waals surface area contributed by atoms with Gasteiger partial charge in [0.1, 0.15) is 0 Å². The highest BCUT2D eigenvalue weighted by atomic mass is 15.4. The predicted molar refractivity (Wildman–Crippen MR) is 275 cm³/mol. The molecule has 1 fully saturated rings. The quantitative estimate of drug-likeness (QED) is 0.187. The van der Waals surface area contributed by atoms with Crippen molar-refractivity contribution in [3.63, 3.8) is 0 Å². The van der Waals surface area contributed by atoms with Crippen LogP contribution in [0.1, 0.15) is 97.9 Å². The Bertz CT molecular complexity index is 3220. The zero-order valence-electron chi connectivity index (χ0n) is 38.1. The maximum absolute atomic E-state index is 4.00. The van der Waals surface area contributed by atoms with Gasteiger partial charge in [0.05, 0.1) is 23.9 Å². The third-order valence-electron chi connectivity index (χ3n) is 16.9. The van der Waals surface area contributed by atoms with Crippen LogP contribution >= 0.6 is 0 Å². The van der Waals surface area contributed by atoms with Crippen LogP contribution < -0.4 is 26.4 Å². The van der Waals surface area contributed by atoms with Gasteiger partial charge in [-0.1, -0.05) is 176 Å². The van der Waals surface area contributed by atoms with Crippen molar-refractivity contribution in [2.75, 3.05) is 0 Å². The highest BCUT2D eigenvalue weighted by Gasteiger charge is 2.55. The molecule has 4 aromatic rings. The van der Waals surface area contributed by atoms with E-state index in [0.717, 1.165) is 57.8 Å². The Morgan fingerprint density at radius 1 is 0.627 bits per heavy atom. The van der Waals surface area contributed by atoms with Crippen LogP contribution in [0.3, 0.4) is 0 Å². The summed E-state index contributed by atoms with van der Waals surface area (Å²) in [6.07, 6.45) is 42.4. The SMILES string of the molecule is C1=CC2=c3ccccc3=C3C=C(c4ccc5c(c4)C4=C(C=CCC4)C54C5=CCCC=C5C5=C4CCC=C5)CCC3C2C(C2=CC(C3NC(c4ccccc4)NC(c4ccccc4)N3)CC=C2)=C1. The molecule has 67 heavy (non-hydrogen) atoms. The third-order valence-corrected chi connectivity index (χ3v) is 16.9. The van der Waals surface area contributed by atoms with Gasteiger partial charge in [-0.2, -0.15) is 0 Å². The van der Waals surface area contributed by atoms with Crippen molar-refractivity contribution < 1.29 is 0 Å². The summed E-state index contributed by atoms with van der Waals surface area (Å²) in [4.78, 5) is 0. The van der Waals surface area contributed by atoms with Crippen LogP contribution in [0.5, 0.6) is 0 Å². The van der Waals surface area contributed by atoms with Gasteiger partial charge in [-0.15, -0.1) is 0 Å². The number of nitrogens with one attached hydrogen (secondary N) is 3. The van der Waals surface area contributed by atoms with Crippen LogP contribution in [-0.4, -0.2) is 6.17 Å². The number of hydrogen-bond donors (Lipinski definition) is 3. The second-order valence-electron chi connectivity index (χ2n) is 20.3. The van der Waals surface area contributed by atoms with E-state index in [1.807, 2.05) is 0 Å². The zero-order valence-corrected chi connectivity index (χ0v) is 38.1. The van der Waals surface area contributed by atoms with Crippen molar-refractivity contribution in [2.45, 2.75) is 81.7 Å². The molecule has 3 N–H and O–H groups in total. The molecule has 0 amide bonds. The number of hydrogen-bond acceptors (Lipinski definition) is 3. The molecular formula is C64H57N3. The standard InChI is InChI=1S/C64H57N3/c1-3-17-40(18-4-1)61-65-62(41-19-5-2-6-20-41)67-63(66-61)45-22-15-21-44(37-45)46-28-16-29-52-47-23-7-8-24-48(47)54-38-42(33-35-53(54)60(46)52)43-34-36-59-55(39-43)51-27-11-14-32-58(51)64(59)56-30-12-9-25-49(56)50-26-10-13-31-57(50)64/h1-9,14-21,23-26,28-29,31-32,34,36-39,45,53,60-63,65-67H,10-13,22,27,30,33,35H2. The average Bonchev–Trinajstić information content (AvgIpc) is 3.88. The second kappa shape index (κ2) is 15.9. The predicted octanol–water partition coefficient (Wildman–Crippen LogP) is 12.3. The molecule has 0 saturated carbocycles. The van der Waals surface area contributed by atoms with Crippen LogP contribution in [-0.2, 0) is 5.41 Å². The summed E-state index contributed by atoms with van der Waals surface area (Å²) in [7, 11) is 0. The van der Waals surface area contributed by atoms with Gasteiger partial charge >= 0.3 is 0 Å². The Hall–Kier alpha value is -6.36. The molecule has 9 aliphatic carbocycles. The Kier molecular flexibility index (Phi) is 9.43. The first kappa shape index (κ1) is 39.8. The van der Waals surface area contributed by atoms with Crippen LogP contribution in [0, 0.1) is 17.8 Å². The lowest BCUT2D eigenvalue weighted by Crippen LogP contribution is -2.61. The molecule has 10 aliphatic rings. The molecule has 1 saturated heterocycles.